The summed E-state index contributed by atoms with van der Waals surface area (Å²) < 4.78 is 9.90. The van der Waals surface area contributed by atoms with Crippen molar-refractivity contribution in [3.8, 4) is 0 Å². The second-order valence-electron chi connectivity index (χ2n) is 2.73. The molecule has 0 unspecified atom stereocenters. The summed E-state index contributed by atoms with van der Waals surface area (Å²) in [5.41, 5.74) is 10.3. The maximum atomic E-state index is 11.2. The Labute approximate surface area is 110 Å². The molecular formula is C9H14IN3O3. The number of nitrogens with two attached hydrogens (primary N) is 2. The van der Waals surface area contributed by atoms with Crippen LogP contribution in [-0.4, -0.2) is 18.5 Å². The van der Waals surface area contributed by atoms with E-state index < -0.39 is 5.97 Å². The van der Waals surface area contributed by atoms with Gasteiger partial charge in [-0.1, -0.05) is 0 Å². The average Bonchev–Trinajstić information content (AvgIpc) is 2.63. The minimum atomic E-state index is -0.492. The Morgan fingerprint density at radius 2 is 2.19 bits per heavy atom. The van der Waals surface area contributed by atoms with Gasteiger partial charge in [0.25, 0.3) is 0 Å². The number of furan rings is 1. The van der Waals surface area contributed by atoms with E-state index in [0.717, 1.165) is 0 Å². The summed E-state index contributed by atoms with van der Waals surface area (Å²) in [6, 6.07) is 3.15. The van der Waals surface area contributed by atoms with Crippen molar-refractivity contribution < 1.29 is 13.9 Å². The molecule has 16 heavy (non-hydrogen) atoms. The summed E-state index contributed by atoms with van der Waals surface area (Å²) in [7, 11) is 0. The van der Waals surface area contributed by atoms with Crippen molar-refractivity contribution in [3.63, 3.8) is 0 Å². The highest BCUT2D eigenvalue weighted by molar-refractivity contribution is 14.0. The van der Waals surface area contributed by atoms with Crippen LogP contribution in [0.5, 0.6) is 0 Å². The zero-order chi connectivity index (χ0) is 11.3. The van der Waals surface area contributed by atoms with Crippen LogP contribution in [0.4, 0.5) is 0 Å². The molecule has 0 atom stereocenters. The Hall–Kier alpha value is -1.25. The van der Waals surface area contributed by atoms with E-state index in [9.17, 15) is 4.79 Å². The quantitative estimate of drug-likeness (QED) is 0.366. The molecule has 6 nitrogen and oxygen atoms in total. The van der Waals surface area contributed by atoms with Gasteiger partial charge in [0, 0.05) is 0 Å². The van der Waals surface area contributed by atoms with E-state index in [1.54, 1.807) is 13.0 Å². The fourth-order valence-electron chi connectivity index (χ4n) is 0.944. The Bertz CT molecular complexity index is 372. The number of guanidine groups is 1. The Morgan fingerprint density at radius 3 is 2.75 bits per heavy atom. The molecule has 0 aromatic carbocycles. The third-order valence-electron chi connectivity index (χ3n) is 1.56. The van der Waals surface area contributed by atoms with Gasteiger partial charge in [-0.05, 0) is 19.1 Å². The molecule has 1 aromatic heterocycles. The molecule has 0 fully saturated rings. The number of esters is 1. The third-order valence-corrected chi connectivity index (χ3v) is 1.56. The van der Waals surface area contributed by atoms with Crippen molar-refractivity contribution in [2.45, 2.75) is 13.5 Å². The zero-order valence-electron chi connectivity index (χ0n) is 8.80. The van der Waals surface area contributed by atoms with Crippen LogP contribution in [0.1, 0.15) is 23.2 Å². The molecule has 0 aliphatic heterocycles. The Morgan fingerprint density at radius 1 is 1.50 bits per heavy atom. The van der Waals surface area contributed by atoms with E-state index >= 15 is 0 Å². The predicted octanol–water partition coefficient (Wildman–Crippen LogP) is 0.848. The normalized spacial score (nSPS) is 9.06. The van der Waals surface area contributed by atoms with Gasteiger partial charge in [-0.15, -0.1) is 24.0 Å². The van der Waals surface area contributed by atoms with Crippen LogP contribution in [0.3, 0.4) is 0 Å². The van der Waals surface area contributed by atoms with Gasteiger partial charge < -0.3 is 20.6 Å². The van der Waals surface area contributed by atoms with Gasteiger partial charge in [0.15, 0.2) is 5.96 Å². The first-order valence-electron chi connectivity index (χ1n) is 4.44. The molecular weight excluding hydrogens is 325 g/mol. The van der Waals surface area contributed by atoms with Gasteiger partial charge in [0.05, 0.1) is 6.61 Å². The number of aliphatic imine (C=N–C) groups is 1. The number of carbonyl (C=O) groups is 1. The molecule has 90 valence electrons. The van der Waals surface area contributed by atoms with Crippen molar-refractivity contribution in [1.82, 2.24) is 0 Å². The molecule has 1 aromatic rings. The van der Waals surface area contributed by atoms with Crippen LogP contribution in [0, 0.1) is 0 Å². The number of ether oxygens (including phenoxy) is 1. The summed E-state index contributed by atoms with van der Waals surface area (Å²) in [6.45, 7) is 2.24. The lowest BCUT2D eigenvalue weighted by Gasteiger charge is -1.96. The summed E-state index contributed by atoms with van der Waals surface area (Å²) in [5, 5.41) is 0. The largest absolute Gasteiger partial charge is 0.460 e. The molecule has 7 heteroatoms. The Balaban J connectivity index is 0.00000225. The molecule has 0 aliphatic rings. The van der Waals surface area contributed by atoms with Gasteiger partial charge >= 0.3 is 5.97 Å². The topological polar surface area (TPSA) is 104 Å². The highest BCUT2D eigenvalue weighted by Gasteiger charge is 2.11. The predicted molar refractivity (Wildman–Crippen MR) is 69.6 cm³/mol. The summed E-state index contributed by atoms with van der Waals surface area (Å²) in [6.07, 6.45) is 0. The molecule has 0 radical (unpaired) electrons. The molecule has 0 spiro atoms. The molecule has 0 saturated heterocycles. The SMILES string of the molecule is CCOC(=O)c1ccc(CN=C(N)N)o1.I. The van der Waals surface area contributed by atoms with Crippen molar-refractivity contribution in [2.24, 2.45) is 16.5 Å². The van der Waals surface area contributed by atoms with Crippen LogP contribution in [0.2, 0.25) is 0 Å². The number of halogens is 1. The number of nitrogens with zero attached hydrogens (tertiary/aromatic N) is 1. The molecule has 0 bridgehead atoms. The van der Waals surface area contributed by atoms with Crippen LogP contribution < -0.4 is 11.5 Å². The first-order chi connectivity index (χ1) is 7.13. The zero-order valence-corrected chi connectivity index (χ0v) is 11.1. The van der Waals surface area contributed by atoms with Gasteiger partial charge in [-0.3, -0.25) is 0 Å². The molecule has 1 heterocycles. The van der Waals surface area contributed by atoms with E-state index in [1.165, 1.54) is 6.07 Å². The number of carbonyl (C=O) groups excluding carboxylic acids is 1. The monoisotopic (exact) mass is 339 g/mol. The highest BCUT2D eigenvalue weighted by atomic mass is 127. The number of hydrogen-bond acceptors (Lipinski definition) is 4. The Kier molecular flexibility index (Phi) is 6.54. The number of hydrogen-bond donors (Lipinski definition) is 2. The van der Waals surface area contributed by atoms with Crippen LogP contribution in [0.25, 0.3) is 0 Å². The highest BCUT2D eigenvalue weighted by Crippen LogP contribution is 2.10. The summed E-state index contributed by atoms with van der Waals surface area (Å²) in [5.74, 6) is 0.140. The standard InChI is InChI=1S/C9H13N3O3.HI/c1-2-14-8(13)7-4-3-6(15-7)5-12-9(10)11;/h3-4H,2,5H2,1H3,(H4,10,11,12);1H. The minimum Gasteiger partial charge on any atom is -0.460 e. The van der Waals surface area contributed by atoms with E-state index in [4.69, 9.17) is 20.6 Å². The first kappa shape index (κ1) is 14.8. The van der Waals surface area contributed by atoms with E-state index in [0.29, 0.717) is 12.4 Å². The molecule has 0 aliphatic carbocycles. The smallest absolute Gasteiger partial charge is 0.374 e. The van der Waals surface area contributed by atoms with Crippen LogP contribution in [0.15, 0.2) is 21.5 Å². The lowest BCUT2D eigenvalue weighted by molar-refractivity contribution is 0.0488. The molecule has 4 N–H and O–H groups in total. The molecule has 0 saturated carbocycles. The second-order valence-corrected chi connectivity index (χ2v) is 2.73. The van der Waals surface area contributed by atoms with Gasteiger partial charge in [0.2, 0.25) is 5.76 Å². The fraction of sp³-hybridized carbons (Fsp3) is 0.333. The molecule has 0 amide bonds. The maximum Gasteiger partial charge on any atom is 0.374 e. The average molecular weight is 339 g/mol. The van der Waals surface area contributed by atoms with Crippen molar-refractivity contribution in [2.75, 3.05) is 6.61 Å². The fourth-order valence-corrected chi connectivity index (χ4v) is 0.944. The van der Waals surface area contributed by atoms with Gasteiger partial charge in [-0.25, -0.2) is 9.79 Å². The third kappa shape index (κ3) is 4.51. The van der Waals surface area contributed by atoms with Crippen molar-refractivity contribution in [1.29, 1.82) is 0 Å². The minimum absolute atomic E-state index is 0. The lowest BCUT2D eigenvalue weighted by Crippen LogP contribution is -2.22. The summed E-state index contributed by atoms with van der Waals surface area (Å²) in [4.78, 5) is 14.9. The molecule has 1 rings (SSSR count). The van der Waals surface area contributed by atoms with E-state index in [1.807, 2.05) is 0 Å². The van der Waals surface area contributed by atoms with E-state index in [-0.39, 0.29) is 42.2 Å². The van der Waals surface area contributed by atoms with Crippen molar-refractivity contribution in [3.05, 3.63) is 23.7 Å². The lowest BCUT2D eigenvalue weighted by atomic mass is 10.4. The van der Waals surface area contributed by atoms with E-state index in [2.05, 4.69) is 4.99 Å². The first-order valence-corrected chi connectivity index (χ1v) is 4.44. The van der Waals surface area contributed by atoms with Gasteiger partial charge in [-0.2, -0.15) is 0 Å². The van der Waals surface area contributed by atoms with Crippen molar-refractivity contribution >= 4 is 35.9 Å². The van der Waals surface area contributed by atoms with Gasteiger partial charge in [0.1, 0.15) is 12.3 Å². The van der Waals surface area contributed by atoms with Crippen LogP contribution in [-0.2, 0) is 11.3 Å². The number of rotatable bonds is 4. The maximum absolute atomic E-state index is 11.2. The van der Waals surface area contributed by atoms with Crippen LogP contribution >= 0.6 is 24.0 Å². The second kappa shape index (κ2) is 7.09. The summed E-state index contributed by atoms with van der Waals surface area (Å²) >= 11 is 0.